The number of hydrazone groups is 1. The molecule has 3 N–H and O–H groups in total. The van der Waals surface area contributed by atoms with E-state index in [9.17, 15) is 0 Å². The molecule has 2 aromatic heterocycles. The number of nitrogens with one attached hydrogen (secondary N) is 1. The zero-order valence-electron chi connectivity index (χ0n) is 18.0. The Morgan fingerprint density at radius 2 is 2.13 bits per heavy atom. The van der Waals surface area contributed by atoms with E-state index >= 15 is 0 Å². The average Bonchev–Trinajstić information content (AvgIpc) is 3.31. The van der Waals surface area contributed by atoms with Gasteiger partial charge in [0.05, 0.1) is 20.8 Å². The van der Waals surface area contributed by atoms with Crippen molar-refractivity contribution in [2.75, 3.05) is 0 Å². The zero-order valence-corrected chi connectivity index (χ0v) is 18.8. The lowest BCUT2D eigenvalue weighted by molar-refractivity contribution is 0.654. The van der Waals surface area contributed by atoms with Gasteiger partial charge in [-0.1, -0.05) is 31.3 Å². The number of aryl methyl sites for hydroxylation is 2. The van der Waals surface area contributed by atoms with Crippen molar-refractivity contribution >= 4 is 33.6 Å². The van der Waals surface area contributed by atoms with Gasteiger partial charge < -0.3 is 10.4 Å². The molecule has 0 saturated carbocycles. The van der Waals surface area contributed by atoms with Crippen LogP contribution in [0.4, 0.5) is 0 Å². The minimum Gasteiger partial charge on any atom is -0.340 e. The normalized spacial score (nSPS) is 12.0. The first-order valence-corrected chi connectivity index (χ1v) is 11.0. The number of nitrogens with two attached hydrogens (primary N) is 1. The minimum atomic E-state index is 0.252. The molecule has 0 spiro atoms. The number of allylic oxidation sites excluding steroid dienone is 1. The van der Waals surface area contributed by atoms with E-state index in [0.717, 1.165) is 40.0 Å². The monoisotopic (exact) mass is 430 g/mol. The van der Waals surface area contributed by atoms with Crippen LogP contribution in [0.15, 0.2) is 57.8 Å². The SMILES string of the molecule is C/C=N\C=C/C#Cc1ccc(-c2cc3sc(/C(N=N)=N/N)cc3n2CCCC)c(C)c1. The van der Waals surface area contributed by atoms with Crippen molar-refractivity contribution in [3.63, 3.8) is 0 Å². The Labute approximate surface area is 186 Å². The quantitative estimate of drug-likeness (QED) is 0.122. The number of fused-ring (bicyclic) bond motifs is 1. The summed E-state index contributed by atoms with van der Waals surface area (Å²) in [5, 5.41) is 7.07. The third-order valence-electron chi connectivity index (χ3n) is 4.89. The average molecular weight is 431 g/mol. The highest BCUT2D eigenvalue weighted by atomic mass is 32.1. The minimum absolute atomic E-state index is 0.252. The van der Waals surface area contributed by atoms with E-state index in [-0.39, 0.29) is 5.84 Å². The van der Waals surface area contributed by atoms with Crippen molar-refractivity contribution in [1.29, 1.82) is 5.53 Å². The van der Waals surface area contributed by atoms with Gasteiger partial charge in [0.25, 0.3) is 0 Å². The molecule has 0 aliphatic rings. The van der Waals surface area contributed by atoms with E-state index in [1.807, 2.05) is 13.0 Å². The molecule has 7 heteroatoms. The summed E-state index contributed by atoms with van der Waals surface area (Å²) in [6.07, 6.45) is 7.34. The Morgan fingerprint density at radius 3 is 2.81 bits per heavy atom. The number of rotatable bonds is 6. The maximum absolute atomic E-state index is 7.29. The predicted molar refractivity (Wildman–Crippen MR) is 131 cm³/mol. The first kappa shape index (κ1) is 22.2. The molecule has 0 bridgehead atoms. The second kappa shape index (κ2) is 10.5. The maximum Gasteiger partial charge on any atom is 0.209 e. The maximum atomic E-state index is 7.29. The number of aromatic nitrogens is 1. The van der Waals surface area contributed by atoms with E-state index in [4.69, 9.17) is 11.4 Å². The number of hydrogen-bond acceptors (Lipinski definition) is 5. The summed E-state index contributed by atoms with van der Waals surface area (Å²) in [6.45, 7) is 7.10. The first-order chi connectivity index (χ1) is 15.1. The third-order valence-corrected chi connectivity index (χ3v) is 5.95. The van der Waals surface area contributed by atoms with E-state index in [1.165, 1.54) is 16.8 Å². The number of amidine groups is 1. The molecule has 158 valence electrons. The molecule has 0 amide bonds. The Balaban J connectivity index is 2.02. The number of hydrogen-bond donors (Lipinski definition) is 2. The van der Waals surface area contributed by atoms with Gasteiger partial charge in [-0.3, -0.25) is 4.99 Å². The van der Waals surface area contributed by atoms with Gasteiger partial charge in [-0.25, -0.2) is 5.53 Å². The molecule has 3 aromatic rings. The molecule has 0 fully saturated rings. The summed E-state index contributed by atoms with van der Waals surface area (Å²) in [4.78, 5) is 4.82. The van der Waals surface area contributed by atoms with Crippen molar-refractivity contribution in [1.82, 2.24) is 4.57 Å². The number of benzene rings is 1. The van der Waals surface area contributed by atoms with Crippen LogP contribution in [0.25, 0.3) is 21.5 Å². The second-order valence-corrected chi connectivity index (χ2v) is 8.07. The number of thiophene rings is 1. The molecule has 2 heterocycles. The largest absolute Gasteiger partial charge is 0.340 e. The highest BCUT2D eigenvalue weighted by molar-refractivity contribution is 7.20. The molecule has 1 aromatic carbocycles. The van der Waals surface area contributed by atoms with Crippen LogP contribution in [0.3, 0.4) is 0 Å². The van der Waals surface area contributed by atoms with E-state index in [0.29, 0.717) is 0 Å². The molecule has 0 unspecified atom stereocenters. The molecule has 0 aliphatic carbocycles. The first-order valence-electron chi connectivity index (χ1n) is 10.2. The number of nitrogens with zero attached hydrogens (tertiary/aromatic N) is 4. The van der Waals surface area contributed by atoms with Crippen molar-refractivity contribution < 1.29 is 0 Å². The van der Waals surface area contributed by atoms with Crippen LogP contribution in [0.2, 0.25) is 0 Å². The van der Waals surface area contributed by atoms with Crippen LogP contribution in [-0.2, 0) is 6.54 Å². The van der Waals surface area contributed by atoms with E-state index < -0.39 is 0 Å². The molecule has 6 nitrogen and oxygen atoms in total. The Bertz CT molecular complexity index is 1230. The lowest BCUT2D eigenvalue weighted by atomic mass is 10.0. The highest BCUT2D eigenvalue weighted by Gasteiger charge is 2.17. The lowest BCUT2D eigenvalue weighted by Crippen LogP contribution is -2.01. The van der Waals surface area contributed by atoms with Gasteiger partial charge in [-0.2, -0.15) is 5.10 Å². The smallest absolute Gasteiger partial charge is 0.209 e. The van der Waals surface area contributed by atoms with Gasteiger partial charge in [-0.05, 0) is 50.1 Å². The molecule has 0 atom stereocenters. The van der Waals surface area contributed by atoms with Crippen LogP contribution in [0, 0.1) is 24.3 Å². The molecular formula is C24H26N6S. The summed E-state index contributed by atoms with van der Waals surface area (Å²) >= 11 is 1.56. The molecular weight excluding hydrogens is 404 g/mol. The van der Waals surface area contributed by atoms with Gasteiger partial charge in [0.2, 0.25) is 5.84 Å². The standard InChI is InChI=1S/C24H26N6S/c1-4-6-13-30-20(15-22-21(30)16-23(31-22)24(28-25)29-26)19-11-10-18(14-17(19)3)9-7-8-12-27-5-2/h5,8,10-12,14-16,25H,4,6,13,26H2,1-3H3/b12-8-,27-5-,28-25?,29-24-. The van der Waals surface area contributed by atoms with Gasteiger partial charge in [0.15, 0.2) is 0 Å². The van der Waals surface area contributed by atoms with Gasteiger partial charge in [0, 0.05) is 36.2 Å². The van der Waals surface area contributed by atoms with Crippen LogP contribution in [0.5, 0.6) is 0 Å². The van der Waals surface area contributed by atoms with Crippen LogP contribution < -0.4 is 5.84 Å². The summed E-state index contributed by atoms with van der Waals surface area (Å²) in [5.74, 6) is 11.8. The van der Waals surface area contributed by atoms with Crippen LogP contribution in [0.1, 0.15) is 42.7 Å². The fourth-order valence-corrected chi connectivity index (χ4v) is 4.44. The molecule has 31 heavy (non-hydrogen) atoms. The predicted octanol–water partition coefficient (Wildman–Crippen LogP) is 6.09. The van der Waals surface area contributed by atoms with Gasteiger partial charge in [-0.15, -0.1) is 16.5 Å². The Kier molecular flexibility index (Phi) is 7.52. The molecule has 3 rings (SSSR count). The molecule has 0 saturated heterocycles. The summed E-state index contributed by atoms with van der Waals surface area (Å²) < 4.78 is 3.48. The zero-order chi connectivity index (χ0) is 22.2. The van der Waals surface area contributed by atoms with E-state index in [2.05, 4.69) is 69.7 Å². The third kappa shape index (κ3) is 4.98. The van der Waals surface area contributed by atoms with Gasteiger partial charge in [0.1, 0.15) is 0 Å². The number of unbranched alkanes of at least 4 members (excludes halogenated alkanes) is 1. The summed E-state index contributed by atoms with van der Waals surface area (Å²) in [7, 11) is 0. The van der Waals surface area contributed by atoms with Crippen molar-refractivity contribution in [3.8, 4) is 23.1 Å². The highest BCUT2D eigenvalue weighted by Crippen LogP contribution is 2.36. The lowest BCUT2D eigenvalue weighted by Gasteiger charge is -2.12. The fourth-order valence-electron chi connectivity index (χ4n) is 3.40. The van der Waals surface area contributed by atoms with Crippen LogP contribution >= 0.6 is 11.3 Å². The van der Waals surface area contributed by atoms with Crippen molar-refractivity contribution in [3.05, 3.63) is 58.6 Å². The topological polar surface area (TPSA) is 91.9 Å². The Morgan fingerprint density at radius 1 is 1.29 bits per heavy atom. The summed E-state index contributed by atoms with van der Waals surface area (Å²) in [6, 6.07) is 10.6. The second-order valence-electron chi connectivity index (χ2n) is 6.98. The molecule has 0 aliphatic heterocycles. The fraction of sp³-hybridized carbons (Fsp3) is 0.250. The molecule has 0 radical (unpaired) electrons. The van der Waals surface area contributed by atoms with Crippen molar-refractivity contribution in [2.24, 2.45) is 21.1 Å². The van der Waals surface area contributed by atoms with E-state index in [1.54, 1.807) is 29.8 Å². The van der Waals surface area contributed by atoms with Gasteiger partial charge >= 0.3 is 0 Å². The van der Waals surface area contributed by atoms with Crippen LogP contribution in [-0.4, -0.2) is 16.6 Å². The number of aliphatic imine (C=N–C) groups is 1. The van der Waals surface area contributed by atoms with Crippen molar-refractivity contribution in [2.45, 2.75) is 40.2 Å². The summed E-state index contributed by atoms with van der Waals surface area (Å²) in [5.41, 5.74) is 12.9. The Hall–Kier alpha value is -3.50.